The highest BCUT2D eigenvalue weighted by atomic mass is 16.5. The molecule has 4 heteroatoms. The van der Waals surface area contributed by atoms with Gasteiger partial charge in [0.1, 0.15) is 0 Å². The molecule has 1 aliphatic carbocycles. The Morgan fingerprint density at radius 3 is 2.71 bits per heavy atom. The number of morpholine rings is 1. The SMILES string of the molecule is O=C(C1CC1c1ccccc1)N1CCCC(CN2CCOCC2)C1. The minimum absolute atomic E-state index is 0.231. The average Bonchev–Trinajstić information content (AvgIpc) is 3.44. The predicted molar refractivity (Wildman–Crippen MR) is 93.9 cm³/mol. The molecule has 1 saturated carbocycles. The van der Waals surface area contributed by atoms with E-state index in [2.05, 4.69) is 34.1 Å². The van der Waals surface area contributed by atoms with Gasteiger partial charge >= 0.3 is 0 Å². The van der Waals surface area contributed by atoms with Gasteiger partial charge in [0, 0.05) is 38.6 Å². The Morgan fingerprint density at radius 2 is 1.92 bits per heavy atom. The zero-order valence-corrected chi connectivity index (χ0v) is 14.4. The number of piperidine rings is 1. The van der Waals surface area contributed by atoms with Crippen LogP contribution in [0.3, 0.4) is 0 Å². The summed E-state index contributed by atoms with van der Waals surface area (Å²) in [4.78, 5) is 17.5. The van der Waals surface area contributed by atoms with Crippen LogP contribution in [-0.4, -0.2) is 61.6 Å². The first kappa shape index (κ1) is 16.1. The number of hydrogen-bond acceptors (Lipinski definition) is 3. The third-order valence-corrected chi connectivity index (χ3v) is 5.79. The molecule has 24 heavy (non-hydrogen) atoms. The molecular weight excluding hydrogens is 300 g/mol. The molecule has 0 radical (unpaired) electrons. The van der Waals surface area contributed by atoms with Gasteiger partial charge in [0.25, 0.3) is 0 Å². The Hall–Kier alpha value is -1.39. The molecule has 130 valence electrons. The number of ether oxygens (including phenoxy) is 1. The third-order valence-electron chi connectivity index (χ3n) is 5.79. The van der Waals surface area contributed by atoms with Crippen molar-refractivity contribution >= 4 is 5.91 Å². The van der Waals surface area contributed by atoms with Crippen LogP contribution in [0, 0.1) is 11.8 Å². The summed E-state index contributed by atoms with van der Waals surface area (Å²) in [5.41, 5.74) is 1.33. The van der Waals surface area contributed by atoms with Crippen LogP contribution < -0.4 is 0 Å². The van der Waals surface area contributed by atoms with Crippen LogP contribution in [0.25, 0.3) is 0 Å². The van der Waals surface area contributed by atoms with Crippen molar-refractivity contribution in [2.75, 3.05) is 45.9 Å². The van der Waals surface area contributed by atoms with E-state index < -0.39 is 0 Å². The smallest absolute Gasteiger partial charge is 0.226 e. The fourth-order valence-corrected chi connectivity index (χ4v) is 4.33. The molecule has 1 aromatic carbocycles. The summed E-state index contributed by atoms with van der Waals surface area (Å²) in [6.45, 7) is 6.84. The Labute approximate surface area is 144 Å². The Bertz CT molecular complexity index is 556. The molecule has 2 saturated heterocycles. The van der Waals surface area contributed by atoms with E-state index in [-0.39, 0.29) is 5.92 Å². The second kappa shape index (κ2) is 7.24. The number of likely N-dealkylation sites (tertiary alicyclic amines) is 1. The molecule has 1 aromatic rings. The van der Waals surface area contributed by atoms with Crippen molar-refractivity contribution in [2.24, 2.45) is 11.8 Å². The molecule has 4 nitrogen and oxygen atoms in total. The van der Waals surface area contributed by atoms with Gasteiger partial charge in [0.15, 0.2) is 0 Å². The molecule has 4 rings (SSSR count). The first-order valence-electron chi connectivity index (χ1n) is 9.45. The fourth-order valence-electron chi connectivity index (χ4n) is 4.33. The van der Waals surface area contributed by atoms with Gasteiger partial charge < -0.3 is 9.64 Å². The number of hydrogen-bond donors (Lipinski definition) is 0. The zero-order valence-electron chi connectivity index (χ0n) is 14.4. The Morgan fingerprint density at radius 1 is 1.12 bits per heavy atom. The van der Waals surface area contributed by atoms with E-state index in [0.29, 0.717) is 17.7 Å². The lowest BCUT2D eigenvalue weighted by Crippen LogP contribution is -2.46. The van der Waals surface area contributed by atoms with Gasteiger partial charge in [-0.05, 0) is 36.7 Å². The second-order valence-corrected chi connectivity index (χ2v) is 7.56. The molecule has 3 atom stereocenters. The lowest BCUT2D eigenvalue weighted by atomic mass is 9.96. The molecular formula is C20H28N2O2. The molecule has 0 spiro atoms. The van der Waals surface area contributed by atoms with Crippen LogP contribution in [0.4, 0.5) is 0 Å². The molecule has 2 heterocycles. The largest absolute Gasteiger partial charge is 0.379 e. The van der Waals surface area contributed by atoms with Crippen molar-refractivity contribution in [1.29, 1.82) is 0 Å². The predicted octanol–water partition coefficient (Wildman–Crippen LogP) is 2.36. The van der Waals surface area contributed by atoms with Crippen molar-refractivity contribution in [1.82, 2.24) is 9.80 Å². The maximum atomic E-state index is 12.9. The van der Waals surface area contributed by atoms with Gasteiger partial charge in [0.2, 0.25) is 5.91 Å². The Balaban J connectivity index is 1.30. The number of nitrogens with zero attached hydrogens (tertiary/aromatic N) is 2. The van der Waals surface area contributed by atoms with Crippen LogP contribution in [0.15, 0.2) is 30.3 Å². The highest BCUT2D eigenvalue weighted by Gasteiger charge is 2.46. The maximum absolute atomic E-state index is 12.9. The highest BCUT2D eigenvalue weighted by molar-refractivity contribution is 5.83. The molecule has 3 aliphatic rings. The van der Waals surface area contributed by atoms with Gasteiger partial charge in [-0.3, -0.25) is 9.69 Å². The summed E-state index contributed by atoms with van der Waals surface area (Å²) in [7, 11) is 0. The summed E-state index contributed by atoms with van der Waals surface area (Å²) in [5.74, 6) is 1.72. The molecule has 1 amide bonds. The van der Waals surface area contributed by atoms with E-state index in [1.54, 1.807) is 0 Å². The first-order chi connectivity index (χ1) is 11.8. The summed E-state index contributed by atoms with van der Waals surface area (Å²) < 4.78 is 5.44. The van der Waals surface area contributed by atoms with Crippen LogP contribution in [-0.2, 0) is 9.53 Å². The van der Waals surface area contributed by atoms with Crippen molar-refractivity contribution in [3.8, 4) is 0 Å². The lowest BCUT2D eigenvalue weighted by molar-refractivity contribution is -0.134. The highest BCUT2D eigenvalue weighted by Crippen LogP contribution is 2.48. The second-order valence-electron chi connectivity index (χ2n) is 7.56. The van der Waals surface area contributed by atoms with Crippen LogP contribution in [0.2, 0.25) is 0 Å². The average molecular weight is 328 g/mol. The number of amides is 1. The summed E-state index contributed by atoms with van der Waals surface area (Å²) >= 11 is 0. The monoisotopic (exact) mass is 328 g/mol. The zero-order chi connectivity index (χ0) is 16.4. The van der Waals surface area contributed by atoms with Gasteiger partial charge in [-0.15, -0.1) is 0 Å². The standard InChI is InChI=1S/C20H28N2O2/c23-20(19-13-18(19)17-6-2-1-3-7-17)22-8-4-5-16(15-22)14-21-9-11-24-12-10-21/h1-3,6-7,16,18-19H,4-5,8-15H2. The number of benzene rings is 1. The minimum Gasteiger partial charge on any atom is -0.379 e. The summed E-state index contributed by atoms with van der Waals surface area (Å²) in [5, 5.41) is 0. The molecule has 2 aliphatic heterocycles. The van der Waals surface area contributed by atoms with E-state index in [1.807, 2.05) is 6.07 Å². The fraction of sp³-hybridized carbons (Fsp3) is 0.650. The van der Waals surface area contributed by atoms with Crippen LogP contribution >= 0.6 is 0 Å². The molecule has 3 fully saturated rings. The molecule has 0 N–H and O–H groups in total. The third kappa shape index (κ3) is 3.65. The molecule has 0 bridgehead atoms. The van der Waals surface area contributed by atoms with Crippen molar-refractivity contribution in [2.45, 2.75) is 25.2 Å². The summed E-state index contributed by atoms with van der Waals surface area (Å²) in [6.07, 6.45) is 3.45. The Kier molecular flexibility index (Phi) is 4.86. The van der Waals surface area contributed by atoms with E-state index in [9.17, 15) is 4.79 Å². The normalized spacial score (nSPS) is 31.0. The molecule has 3 unspecified atom stereocenters. The summed E-state index contributed by atoms with van der Waals surface area (Å²) in [6, 6.07) is 10.5. The lowest BCUT2D eigenvalue weighted by Gasteiger charge is -2.37. The van der Waals surface area contributed by atoms with E-state index in [1.165, 1.54) is 12.0 Å². The first-order valence-corrected chi connectivity index (χ1v) is 9.45. The van der Waals surface area contributed by atoms with Crippen LogP contribution in [0.1, 0.15) is 30.7 Å². The van der Waals surface area contributed by atoms with E-state index in [0.717, 1.165) is 58.8 Å². The van der Waals surface area contributed by atoms with Crippen LogP contribution in [0.5, 0.6) is 0 Å². The van der Waals surface area contributed by atoms with Gasteiger partial charge in [0.05, 0.1) is 13.2 Å². The number of carbonyl (C=O) groups excluding carboxylic acids is 1. The molecule has 0 aromatic heterocycles. The number of rotatable bonds is 4. The van der Waals surface area contributed by atoms with E-state index >= 15 is 0 Å². The van der Waals surface area contributed by atoms with Crippen molar-refractivity contribution < 1.29 is 9.53 Å². The van der Waals surface area contributed by atoms with Gasteiger partial charge in [-0.25, -0.2) is 0 Å². The van der Waals surface area contributed by atoms with Crippen molar-refractivity contribution in [3.05, 3.63) is 35.9 Å². The van der Waals surface area contributed by atoms with Gasteiger partial charge in [-0.1, -0.05) is 30.3 Å². The maximum Gasteiger partial charge on any atom is 0.226 e. The minimum atomic E-state index is 0.231. The van der Waals surface area contributed by atoms with Gasteiger partial charge in [-0.2, -0.15) is 0 Å². The topological polar surface area (TPSA) is 32.8 Å². The van der Waals surface area contributed by atoms with E-state index in [4.69, 9.17) is 4.74 Å². The quantitative estimate of drug-likeness (QED) is 0.851. The van der Waals surface area contributed by atoms with Crippen molar-refractivity contribution in [3.63, 3.8) is 0 Å². The number of carbonyl (C=O) groups is 1.